The second-order valence-electron chi connectivity index (χ2n) is 6.46. The maximum Gasteiger partial charge on any atom is 0.211 e. The van der Waals surface area contributed by atoms with Crippen LogP contribution in [-0.4, -0.2) is 46.6 Å². The van der Waals surface area contributed by atoms with Gasteiger partial charge in [-0.25, -0.2) is 13.1 Å². The number of hydrogen-bond donors (Lipinski definition) is 0. The van der Waals surface area contributed by atoms with Crippen molar-refractivity contribution in [3.8, 4) is 0 Å². The molecule has 1 heterocycles. The van der Waals surface area contributed by atoms with Crippen molar-refractivity contribution < 1.29 is 8.42 Å². The zero-order chi connectivity index (χ0) is 16.3. The molecule has 0 fully saturated rings. The van der Waals surface area contributed by atoms with Gasteiger partial charge in [0, 0.05) is 19.1 Å². The number of nitrogens with zero attached hydrogens (tertiary/aromatic N) is 4. The van der Waals surface area contributed by atoms with Gasteiger partial charge in [-0.2, -0.15) is 4.31 Å². The van der Waals surface area contributed by atoms with Crippen LogP contribution in [0.4, 0.5) is 0 Å². The molecule has 0 saturated heterocycles. The van der Waals surface area contributed by atoms with E-state index in [0.717, 1.165) is 31.5 Å². The molecule has 0 spiro atoms. The summed E-state index contributed by atoms with van der Waals surface area (Å²) in [6.45, 7) is 8.86. The van der Waals surface area contributed by atoms with Gasteiger partial charge in [-0.15, -0.1) is 5.10 Å². The Morgan fingerprint density at radius 3 is 2.48 bits per heavy atom. The average molecular weight is 316 g/mol. The lowest BCUT2D eigenvalue weighted by atomic mass is 9.88. The van der Waals surface area contributed by atoms with E-state index in [1.54, 1.807) is 13.2 Å². The topological polar surface area (TPSA) is 68.1 Å². The van der Waals surface area contributed by atoms with Crippen molar-refractivity contribution in [2.75, 3.05) is 13.3 Å². The van der Waals surface area contributed by atoms with E-state index in [0.29, 0.717) is 5.92 Å². The molecule has 0 bridgehead atoms. The standard InChI is InChI=1S/C14H28N4O2S/c1-7-8-13(11-18-12(2)10-15-16-18)9-14(3,4)17(5)21(6,19)20/h10,13H,7-9,11H2,1-6H3. The van der Waals surface area contributed by atoms with E-state index in [1.807, 2.05) is 25.5 Å². The summed E-state index contributed by atoms with van der Waals surface area (Å²) in [5.41, 5.74) is 0.618. The molecule has 0 aliphatic heterocycles. The lowest BCUT2D eigenvalue weighted by Crippen LogP contribution is -2.46. The van der Waals surface area contributed by atoms with Crippen LogP contribution in [0.5, 0.6) is 0 Å². The summed E-state index contributed by atoms with van der Waals surface area (Å²) in [5.74, 6) is 0.370. The third-order valence-electron chi connectivity index (χ3n) is 4.08. The summed E-state index contributed by atoms with van der Waals surface area (Å²) in [6.07, 6.45) is 5.91. The Balaban J connectivity index is 2.85. The minimum atomic E-state index is -3.19. The Morgan fingerprint density at radius 2 is 2.05 bits per heavy atom. The molecule has 1 aromatic rings. The number of hydrogen-bond acceptors (Lipinski definition) is 4. The van der Waals surface area contributed by atoms with E-state index in [4.69, 9.17) is 0 Å². The highest BCUT2D eigenvalue weighted by atomic mass is 32.2. The first-order chi connectivity index (χ1) is 9.58. The summed E-state index contributed by atoms with van der Waals surface area (Å²) >= 11 is 0. The van der Waals surface area contributed by atoms with E-state index in [9.17, 15) is 8.42 Å². The van der Waals surface area contributed by atoms with Crippen molar-refractivity contribution in [3.05, 3.63) is 11.9 Å². The summed E-state index contributed by atoms with van der Waals surface area (Å²) in [7, 11) is -1.54. The molecule has 1 unspecified atom stereocenters. The van der Waals surface area contributed by atoms with Crippen molar-refractivity contribution in [2.45, 2.75) is 59.0 Å². The summed E-state index contributed by atoms with van der Waals surface area (Å²) in [6, 6.07) is 0. The number of sulfonamides is 1. The van der Waals surface area contributed by atoms with E-state index >= 15 is 0 Å². The van der Waals surface area contributed by atoms with Crippen LogP contribution in [-0.2, 0) is 16.6 Å². The van der Waals surface area contributed by atoms with Crippen molar-refractivity contribution in [2.24, 2.45) is 5.92 Å². The maximum atomic E-state index is 11.8. The molecule has 0 radical (unpaired) electrons. The van der Waals surface area contributed by atoms with Crippen LogP contribution in [0, 0.1) is 12.8 Å². The van der Waals surface area contributed by atoms with Gasteiger partial charge < -0.3 is 0 Å². The molecule has 0 N–H and O–H groups in total. The minimum Gasteiger partial charge on any atom is -0.249 e. The third kappa shape index (κ3) is 5.07. The molecule has 7 heteroatoms. The highest BCUT2D eigenvalue weighted by Crippen LogP contribution is 2.28. The molecule has 21 heavy (non-hydrogen) atoms. The molecule has 0 saturated carbocycles. The molecule has 1 aromatic heterocycles. The average Bonchev–Trinajstić information content (AvgIpc) is 2.72. The lowest BCUT2D eigenvalue weighted by Gasteiger charge is -2.36. The normalized spacial score (nSPS) is 14.6. The minimum absolute atomic E-state index is 0.370. The second kappa shape index (κ2) is 6.87. The second-order valence-corrected chi connectivity index (χ2v) is 8.47. The summed E-state index contributed by atoms with van der Waals surface area (Å²) < 4.78 is 26.9. The molecule has 122 valence electrons. The summed E-state index contributed by atoms with van der Waals surface area (Å²) in [5, 5.41) is 8.01. The van der Waals surface area contributed by atoms with Crippen LogP contribution >= 0.6 is 0 Å². The van der Waals surface area contributed by atoms with E-state index < -0.39 is 15.6 Å². The van der Waals surface area contributed by atoms with Gasteiger partial charge in [0.2, 0.25) is 10.0 Å². The molecule has 0 aromatic carbocycles. The smallest absolute Gasteiger partial charge is 0.211 e. The van der Waals surface area contributed by atoms with Gasteiger partial charge in [0.25, 0.3) is 0 Å². The molecule has 0 aliphatic rings. The van der Waals surface area contributed by atoms with E-state index in [-0.39, 0.29) is 0 Å². The van der Waals surface area contributed by atoms with Crippen LogP contribution in [0.2, 0.25) is 0 Å². The fourth-order valence-electron chi connectivity index (χ4n) is 2.68. The molecular weight excluding hydrogens is 288 g/mol. The van der Waals surface area contributed by atoms with Gasteiger partial charge in [-0.05, 0) is 39.5 Å². The Morgan fingerprint density at radius 1 is 1.43 bits per heavy atom. The zero-order valence-corrected chi connectivity index (χ0v) is 14.8. The van der Waals surface area contributed by atoms with Gasteiger partial charge in [0.15, 0.2) is 0 Å². The van der Waals surface area contributed by atoms with Gasteiger partial charge in [0.1, 0.15) is 0 Å². The molecule has 1 rings (SSSR count). The molecule has 0 aliphatic carbocycles. The van der Waals surface area contributed by atoms with Crippen molar-refractivity contribution >= 4 is 10.0 Å². The first-order valence-electron chi connectivity index (χ1n) is 7.37. The highest BCUT2D eigenvalue weighted by Gasteiger charge is 2.32. The summed E-state index contributed by atoms with van der Waals surface area (Å²) in [4.78, 5) is 0. The zero-order valence-electron chi connectivity index (χ0n) is 14.0. The number of aromatic nitrogens is 3. The van der Waals surface area contributed by atoms with Gasteiger partial charge >= 0.3 is 0 Å². The quantitative estimate of drug-likeness (QED) is 0.736. The highest BCUT2D eigenvalue weighted by molar-refractivity contribution is 7.88. The SMILES string of the molecule is CCCC(Cn1nncc1C)CC(C)(C)N(C)S(C)(=O)=O. The van der Waals surface area contributed by atoms with Crippen molar-refractivity contribution in [1.29, 1.82) is 0 Å². The van der Waals surface area contributed by atoms with E-state index in [2.05, 4.69) is 17.2 Å². The van der Waals surface area contributed by atoms with Crippen LogP contribution in [0.3, 0.4) is 0 Å². The van der Waals surface area contributed by atoms with Crippen molar-refractivity contribution in [1.82, 2.24) is 19.3 Å². The lowest BCUT2D eigenvalue weighted by molar-refractivity contribution is 0.191. The maximum absolute atomic E-state index is 11.8. The van der Waals surface area contributed by atoms with Gasteiger partial charge in [-0.1, -0.05) is 18.6 Å². The molecular formula is C14H28N4O2S. The Hall–Kier alpha value is -0.950. The first-order valence-corrected chi connectivity index (χ1v) is 9.22. The third-order valence-corrected chi connectivity index (χ3v) is 5.57. The monoisotopic (exact) mass is 316 g/mol. The van der Waals surface area contributed by atoms with Crippen LogP contribution in [0.15, 0.2) is 6.20 Å². The first kappa shape index (κ1) is 18.1. The number of rotatable bonds is 8. The predicted molar refractivity (Wildman–Crippen MR) is 84.5 cm³/mol. The van der Waals surface area contributed by atoms with Gasteiger partial charge in [-0.3, -0.25) is 0 Å². The van der Waals surface area contributed by atoms with Gasteiger partial charge in [0.05, 0.1) is 18.1 Å². The largest absolute Gasteiger partial charge is 0.249 e. The van der Waals surface area contributed by atoms with Crippen LogP contribution in [0.1, 0.15) is 45.7 Å². The van der Waals surface area contributed by atoms with Crippen LogP contribution < -0.4 is 0 Å². The predicted octanol–water partition coefficient (Wildman–Crippen LogP) is 2.06. The molecule has 1 atom stereocenters. The Bertz CT molecular complexity index is 551. The fourth-order valence-corrected chi connectivity index (χ4v) is 3.66. The van der Waals surface area contributed by atoms with E-state index in [1.165, 1.54) is 10.6 Å². The molecule has 6 nitrogen and oxygen atoms in total. The number of aryl methyl sites for hydroxylation is 1. The fraction of sp³-hybridized carbons (Fsp3) is 0.857. The Labute approximate surface area is 128 Å². The molecule has 0 amide bonds. The van der Waals surface area contributed by atoms with Crippen molar-refractivity contribution in [3.63, 3.8) is 0 Å². The Kier molecular flexibility index (Phi) is 5.92. The van der Waals surface area contributed by atoms with Crippen LogP contribution in [0.25, 0.3) is 0 Å².